The smallest absolute Gasteiger partial charge is 0.319 e. The second kappa shape index (κ2) is 7.74. The molecule has 33 heavy (non-hydrogen) atoms. The van der Waals surface area contributed by atoms with E-state index in [1.165, 1.54) is 19.3 Å². The minimum absolute atomic E-state index is 0.113. The average Bonchev–Trinajstić information content (AvgIpc) is 2.70. The third-order valence-corrected chi connectivity index (χ3v) is 8.45. The number of carboxylic acid groups (broad SMARTS) is 1. The van der Waals surface area contributed by atoms with Gasteiger partial charge in [0.1, 0.15) is 0 Å². The van der Waals surface area contributed by atoms with Crippen LogP contribution >= 0.6 is 0 Å². The average molecular weight is 454 g/mol. The zero-order valence-corrected chi connectivity index (χ0v) is 19.7. The summed E-state index contributed by atoms with van der Waals surface area (Å²) in [5.74, 6) is -0.800. The van der Waals surface area contributed by atoms with E-state index in [-0.39, 0.29) is 24.0 Å². The van der Waals surface area contributed by atoms with Gasteiger partial charge in [-0.2, -0.15) is 0 Å². The Hall–Kier alpha value is -2.57. The summed E-state index contributed by atoms with van der Waals surface area (Å²) in [4.78, 5) is 38.6. The van der Waals surface area contributed by atoms with Crippen molar-refractivity contribution in [1.82, 2.24) is 10.2 Å². The van der Waals surface area contributed by atoms with Crippen molar-refractivity contribution >= 4 is 23.6 Å². The Morgan fingerprint density at radius 2 is 1.67 bits per heavy atom. The Morgan fingerprint density at radius 1 is 1.00 bits per heavy atom. The quantitative estimate of drug-likeness (QED) is 0.625. The van der Waals surface area contributed by atoms with Gasteiger partial charge in [0.05, 0.1) is 5.92 Å². The predicted octanol–water partition coefficient (Wildman–Crippen LogP) is 4.49. The lowest BCUT2D eigenvalue weighted by Gasteiger charge is -2.65. The van der Waals surface area contributed by atoms with Crippen molar-refractivity contribution in [2.45, 2.75) is 70.8 Å². The zero-order valence-electron chi connectivity index (χ0n) is 19.7. The maximum Gasteiger partial charge on any atom is 0.319 e. The molecule has 178 valence electrons. The summed E-state index contributed by atoms with van der Waals surface area (Å²) in [6.07, 6.45) is 8.33. The van der Waals surface area contributed by atoms with E-state index < -0.39 is 11.9 Å². The van der Waals surface area contributed by atoms with Gasteiger partial charge in [-0.3, -0.25) is 9.59 Å². The van der Waals surface area contributed by atoms with Crippen molar-refractivity contribution in [1.29, 1.82) is 0 Å². The number of piperidine rings is 1. The Kier molecular flexibility index (Phi) is 5.22. The number of nitrogens with zero attached hydrogens (tertiary/aromatic N) is 1. The van der Waals surface area contributed by atoms with E-state index in [1.807, 2.05) is 0 Å². The first-order valence-electron chi connectivity index (χ1n) is 12.3. The van der Waals surface area contributed by atoms with Crippen LogP contribution in [0.25, 0.3) is 0 Å². The summed E-state index contributed by atoms with van der Waals surface area (Å²) in [7, 11) is 0. The Balaban J connectivity index is 1.21. The van der Waals surface area contributed by atoms with E-state index in [4.69, 9.17) is 0 Å². The maximum atomic E-state index is 12.9. The summed E-state index contributed by atoms with van der Waals surface area (Å²) >= 11 is 0. The van der Waals surface area contributed by atoms with Gasteiger partial charge in [0.25, 0.3) is 5.91 Å². The predicted molar refractivity (Wildman–Crippen MR) is 125 cm³/mol. The molecule has 3 amide bonds. The number of carbonyl (C=O) groups is 3. The molecule has 1 saturated heterocycles. The molecule has 4 bridgehead atoms. The van der Waals surface area contributed by atoms with Crippen LogP contribution in [0.15, 0.2) is 24.3 Å². The van der Waals surface area contributed by atoms with Gasteiger partial charge < -0.3 is 20.6 Å². The van der Waals surface area contributed by atoms with Gasteiger partial charge in [0.15, 0.2) is 0 Å². The highest BCUT2D eigenvalue weighted by Gasteiger charge is 2.60. The van der Waals surface area contributed by atoms with Gasteiger partial charge in [-0.15, -0.1) is 0 Å². The molecule has 1 aliphatic heterocycles. The molecule has 0 aromatic heterocycles. The van der Waals surface area contributed by atoms with Crippen LogP contribution in [0, 0.1) is 22.7 Å². The van der Waals surface area contributed by atoms with Gasteiger partial charge in [-0.05, 0) is 92.4 Å². The first kappa shape index (κ1) is 22.2. The molecule has 5 atom stereocenters. The van der Waals surface area contributed by atoms with Gasteiger partial charge in [-0.25, -0.2) is 4.79 Å². The largest absolute Gasteiger partial charge is 0.481 e. The van der Waals surface area contributed by atoms with Crippen LogP contribution < -0.4 is 10.6 Å². The topological polar surface area (TPSA) is 98.7 Å². The Morgan fingerprint density at radius 3 is 2.27 bits per heavy atom. The van der Waals surface area contributed by atoms with E-state index in [9.17, 15) is 19.5 Å². The summed E-state index contributed by atoms with van der Waals surface area (Å²) < 4.78 is 0. The number of carbonyl (C=O) groups excluding carboxylic acids is 2. The van der Waals surface area contributed by atoms with E-state index in [0.717, 1.165) is 19.3 Å². The molecule has 4 saturated carbocycles. The van der Waals surface area contributed by atoms with Crippen LogP contribution in [0.2, 0.25) is 0 Å². The highest BCUT2D eigenvalue weighted by molar-refractivity contribution is 5.96. The molecular formula is C26H35N3O4. The van der Waals surface area contributed by atoms with Crippen LogP contribution in [-0.2, 0) is 4.79 Å². The van der Waals surface area contributed by atoms with Crippen LogP contribution in [-0.4, -0.2) is 46.5 Å². The molecule has 7 heteroatoms. The Labute approximate surface area is 195 Å². The third kappa shape index (κ3) is 4.34. The summed E-state index contributed by atoms with van der Waals surface area (Å²) in [6, 6.07) is 6.72. The number of likely N-dealkylation sites (tertiary alicyclic amines) is 1. The second-order valence-corrected chi connectivity index (χ2v) is 12.0. The van der Waals surface area contributed by atoms with Crippen molar-refractivity contribution < 1.29 is 19.5 Å². The molecule has 0 spiro atoms. The monoisotopic (exact) mass is 453 g/mol. The highest BCUT2D eigenvalue weighted by Crippen LogP contribution is 2.66. The summed E-state index contributed by atoms with van der Waals surface area (Å²) in [5.41, 5.74) is 1.70. The normalized spacial score (nSPS) is 37.0. The fourth-order valence-electron chi connectivity index (χ4n) is 8.23. The third-order valence-electron chi connectivity index (χ3n) is 8.45. The molecule has 1 heterocycles. The number of urea groups is 1. The van der Waals surface area contributed by atoms with Crippen molar-refractivity contribution in [3.63, 3.8) is 0 Å². The number of benzene rings is 1. The van der Waals surface area contributed by atoms with Gasteiger partial charge >= 0.3 is 12.0 Å². The number of carboxylic acids is 1. The summed E-state index contributed by atoms with van der Waals surface area (Å²) in [6.45, 7) is 5.60. The second-order valence-electron chi connectivity index (χ2n) is 12.0. The molecule has 3 N–H and O–H groups in total. The lowest BCUT2D eigenvalue weighted by molar-refractivity contribution is -0.143. The number of nitrogens with one attached hydrogen (secondary N) is 2. The maximum absolute atomic E-state index is 12.9. The minimum atomic E-state index is -0.847. The van der Waals surface area contributed by atoms with Gasteiger partial charge in [0.2, 0.25) is 0 Å². The molecular weight excluding hydrogens is 418 g/mol. The number of rotatable bonds is 4. The van der Waals surface area contributed by atoms with E-state index in [1.54, 1.807) is 29.2 Å². The molecule has 7 nitrogen and oxygen atoms in total. The van der Waals surface area contributed by atoms with Crippen molar-refractivity contribution in [2.75, 3.05) is 18.4 Å². The molecule has 1 aromatic carbocycles. The molecule has 5 fully saturated rings. The van der Waals surface area contributed by atoms with Crippen molar-refractivity contribution in [3.8, 4) is 0 Å². The lowest BCUT2D eigenvalue weighted by atomic mass is 9.43. The van der Waals surface area contributed by atoms with E-state index in [0.29, 0.717) is 47.4 Å². The van der Waals surface area contributed by atoms with E-state index >= 15 is 0 Å². The molecule has 1 aromatic rings. The van der Waals surface area contributed by atoms with Crippen LogP contribution in [0.5, 0.6) is 0 Å². The highest BCUT2D eigenvalue weighted by atomic mass is 16.4. The van der Waals surface area contributed by atoms with Gasteiger partial charge in [-0.1, -0.05) is 13.8 Å². The zero-order chi connectivity index (χ0) is 23.4. The number of amides is 3. The number of aliphatic carboxylic acids is 1. The number of hydrogen-bond acceptors (Lipinski definition) is 3. The molecule has 4 aliphatic carbocycles. The lowest BCUT2D eigenvalue weighted by Crippen LogP contribution is -2.65. The Bertz CT molecular complexity index is 956. The van der Waals surface area contributed by atoms with Crippen molar-refractivity contribution in [3.05, 3.63) is 29.8 Å². The molecule has 6 rings (SSSR count). The van der Waals surface area contributed by atoms with Gasteiger partial charge in [0, 0.05) is 29.9 Å². The summed E-state index contributed by atoms with van der Waals surface area (Å²) in [5, 5.41) is 15.6. The molecule has 0 radical (unpaired) electrons. The van der Waals surface area contributed by atoms with Crippen LogP contribution in [0.3, 0.4) is 0 Å². The fourth-order valence-corrected chi connectivity index (χ4v) is 8.23. The van der Waals surface area contributed by atoms with Crippen LogP contribution in [0.1, 0.15) is 75.6 Å². The fraction of sp³-hybridized carbons (Fsp3) is 0.654. The number of anilines is 1. The van der Waals surface area contributed by atoms with Crippen LogP contribution in [0.4, 0.5) is 10.5 Å². The molecule has 3 unspecified atom stereocenters. The minimum Gasteiger partial charge on any atom is -0.481 e. The SMILES string of the molecule is C[C@]12CC3CC(NC(=O)Nc4ccc(C(=O)N5CCCC(C(=O)O)C5)cc4)(C1)C[C@@](C)(C3)C2. The first-order chi connectivity index (χ1) is 15.6. The number of hydrogen-bond donors (Lipinski definition) is 3. The first-order valence-corrected chi connectivity index (χ1v) is 12.3. The molecule has 5 aliphatic rings. The van der Waals surface area contributed by atoms with Crippen molar-refractivity contribution in [2.24, 2.45) is 22.7 Å². The van der Waals surface area contributed by atoms with E-state index in [2.05, 4.69) is 24.5 Å². The standard InChI is InChI=1S/C26H35N3O4/c1-24-10-17-11-25(2,14-24)16-26(12-17,15-24)28-23(33)27-20-7-5-18(6-8-20)21(30)29-9-3-4-19(13-29)22(31)32/h5-8,17,19H,3-4,9-16H2,1-2H3,(H,31,32)(H2,27,28,33)/t17?,19?,24-,25+,26?.